The van der Waals surface area contributed by atoms with Gasteiger partial charge < -0.3 is 9.80 Å². The Bertz CT molecular complexity index is 959. The Morgan fingerprint density at radius 3 is 2.28 bits per heavy atom. The number of hydrogen-bond acceptors (Lipinski definition) is 5. The van der Waals surface area contributed by atoms with Gasteiger partial charge in [0.15, 0.2) is 0 Å². The van der Waals surface area contributed by atoms with Crippen molar-refractivity contribution in [1.29, 1.82) is 0 Å². The van der Waals surface area contributed by atoms with Crippen molar-refractivity contribution in [1.82, 2.24) is 9.21 Å². The summed E-state index contributed by atoms with van der Waals surface area (Å²) in [5, 5.41) is 0. The van der Waals surface area contributed by atoms with Gasteiger partial charge in [0.1, 0.15) is 5.82 Å². The molecule has 1 fully saturated rings. The standard InChI is InChI=1S/C20H24FN3O3S2/c1-22(29(26,27)17-9-7-16(28-2)8-10-17)15-20(25)24-13-11-23(12-14-24)19-6-4-3-5-18(19)21/h3-10H,11-15H2,1-2H3. The fourth-order valence-electron chi connectivity index (χ4n) is 3.21. The maximum Gasteiger partial charge on any atom is 0.243 e. The van der Waals surface area contributed by atoms with Crippen LogP contribution in [0.25, 0.3) is 0 Å². The van der Waals surface area contributed by atoms with Crippen molar-refractivity contribution in [3.05, 3.63) is 54.3 Å². The lowest BCUT2D eigenvalue weighted by Gasteiger charge is -2.36. The summed E-state index contributed by atoms with van der Waals surface area (Å²) >= 11 is 1.53. The van der Waals surface area contributed by atoms with Crippen LogP contribution in [0.1, 0.15) is 0 Å². The van der Waals surface area contributed by atoms with Gasteiger partial charge in [0.2, 0.25) is 15.9 Å². The molecule has 1 aliphatic heterocycles. The summed E-state index contributed by atoms with van der Waals surface area (Å²) in [5.74, 6) is -0.546. The quantitative estimate of drug-likeness (QED) is 0.650. The van der Waals surface area contributed by atoms with Crippen LogP contribution in [0.5, 0.6) is 0 Å². The van der Waals surface area contributed by atoms with Gasteiger partial charge in [-0.3, -0.25) is 4.79 Å². The molecule has 1 heterocycles. The van der Waals surface area contributed by atoms with Gasteiger partial charge in [-0.15, -0.1) is 11.8 Å². The van der Waals surface area contributed by atoms with Gasteiger partial charge >= 0.3 is 0 Å². The molecule has 0 spiro atoms. The van der Waals surface area contributed by atoms with Crippen LogP contribution < -0.4 is 4.90 Å². The van der Waals surface area contributed by atoms with E-state index in [0.717, 1.165) is 9.20 Å². The third-order valence-electron chi connectivity index (χ3n) is 4.95. The zero-order chi connectivity index (χ0) is 21.0. The number of hydrogen-bond donors (Lipinski definition) is 0. The van der Waals surface area contributed by atoms with Gasteiger partial charge in [-0.25, -0.2) is 12.8 Å². The Morgan fingerprint density at radius 1 is 1.07 bits per heavy atom. The summed E-state index contributed by atoms with van der Waals surface area (Å²) < 4.78 is 40.5. The first kappa shape index (κ1) is 21.6. The van der Waals surface area contributed by atoms with Crippen LogP contribution in [0.15, 0.2) is 58.3 Å². The highest BCUT2D eigenvalue weighted by Crippen LogP contribution is 2.21. The molecule has 1 saturated heterocycles. The number of benzene rings is 2. The van der Waals surface area contributed by atoms with Gasteiger partial charge in [0.05, 0.1) is 17.1 Å². The molecule has 1 aliphatic rings. The molecular formula is C20H24FN3O3S2. The van der Waals surface area contributed by atoms with Crippen LogP contribution in [0.2, 0.25) is 0 Å². The van der Waals surface area contributed by atoms with E-state index in [1.165, 1.54) is 24.9 Å². The lowest BCUT2D eigenvalue weighted by molar-refractivity contribution is -0.131. The summed E-state index contributed by atoms with van der Waals surface area (Å²) in [6.07, 6.45) is 1.92. The third-order valence-corrected chi connectivity index (χ3v) is 7.51. The van der Waals surface area contributed by atoms with Gasteiger partial charge in [-0.1, -0.05) is 12.1 Å². The number of likely N-dealkylation sites (N-methyl/N-ethyl adjacent to an activating group) is 1. The molecule has 6 nitrogen and oxygen atoms in total. The number of sulfonamides is 1. The Kier molecular flexibility index (Phi) is 6.81. The SMILES string of the molecule is CSc1ccc(S(=O)(=O)N(C)CC(=O)N2CCN(c3ccccc3F)CC2)cc1. The summed E-state index contributed by atoms with van der Waals surface area (Å²) in [5.41, 5.74) is 0.521. The van der Waals surface area contributed by atoms with Crippen LogP contribution in [-0.2, 0) is 14.8 Å². The van der Waals surface area contributed by atoms with Crippen molar-refractivity contribution in [2.45, 2.75) is 9.79 Å². The van der Waals surface area contributed by atoms with Crippen molar-refractivity contribution < 1.29 is 17.6 Å². The smallest absolute Gasteiger partial charge is 0.243 e. The topological polar surface area (TPSA) is 60.9 Å². The molecule has 156 valence electrons. The number of halogens is 1. The second-order valence-corrected chi connectivity index (χ2v) is 9.68. The summed E-state index contributed by atoms with van der Waals surface area (Å²) in [7, 11) is -2.33. The van der Waals surface area contributed by atoms with Crippen molar-refractivity contribution >= 4 is 33.4 Å². The highest BCUT2D eigenvalue weighted by Gasteiger charge is 2.27. The molecule has 2 aromatic carbocycles. The van der Waals surface area contributed by atoms with E-state index in [2.05, 4.69) is 0 Å². The first-order valence-electron chi connectivity index (χ1n) is 9.20. The maximum atomic E-state index is 13.9. The summed E-state index contributed by atoms with van der Waals surface area (Å²) in [6, 6.07) is 13.1. The first-order valence-corrected chi connectivity index (χ1v) is 11.9. The fraction of sp³-hybridized carbons (Fsp3) is 0.350. The molecule has 0 aliphatic carbocycles. The minimum absolute atomic E-state index is 0.162. The summed E-state index contributed by atoms with van der Waals surface area (Å²) in [6.45, 7) is 1.61. The molecule has 1 amide bonds. The molecular weight excluding hydrogens is 413 g/mol. The lowest BCUT2D eigenvalue weighted by Crippen LogP contribution is -2.51. The number of carbonyl (C=O) groups excluding carboxylic acids is 1. The molecule has 3 rings (SSSR count). The number of nitrogens with zero attached hydrogens (tertiary/aromatic N) is 3. The zero-order valence-electron chi connectivity index (χ0n) is 16.4. The number of piperazine rings is 1. The minimum Gasteiger partial charge on any atom is -0.366 e. The normalized spacial score (nSPS) is 15.0. The predicted molar refractivity (Wildman–Crippen MR) is 113 cm³/mol. The van der Waals surface area contributed by atoms with E-state index in [0.29, 0.717) is 31.9 Å². The number of thioether (sulfide) groups is 1. The van der Waals surface area contributed by atoms with Crippen molar-refractivity contribution in [3.8, 4) is 0 Å². The van der Waals surface area contributed by atoms with Crippen molar-refractivity contribution in [3.63, 3.8) is 0 Å². The number of amides is 1. The van der Waals surface area contributed by atoms with E-state index in [9.17, 15) is 17.6 Å². The molecule has 9 heteroatoms. The van der Waals surface area contributed by atoms with Crippen LogP contribution in [0.3, 0.4) is 0 Å². The molecule has 0 atom stereocenters. The monoisotopic (exact) mass is 437 g/mol. The second kappa shape index (κ2) is 9.15. The Morgan fingerprint density at radius 2 is 1.69 bits per heavy atom. The molecule has 0 aromatic heterocycles. The van der Waals surface area contributed by atoms with E-state index in [1.807, 2.05) is 11.2 Å². The largest absolute Gasteiger partial charge is 0.366 e. The van der Waals surface area contributed by atoms with Crippen molar-refractivity contribution in [2.75, 3.05) is 50.9 Å². The van der Waals surface area contributed by atoms with Crippen LogP contribution in [-0.4, -0.2) is 69.6 Å². The van der Waals surface area contributed by atoms with Crippen molar-refractivity contribution in [2.24, 2.45) is 0 Å². The molecule has 0 saturated carbocycles. The molecule has 0 bridgehead atoms. The zero-order valence-corrected chi connectivity index (χ0v) is 18.0. The Hall–Kier alpha value is -2.10. The lowest BCUT2D eigenvalue weighted by atomic mass is 10.2. The van der Waals surface area contributed by atoms with Crippen LogP contribution >= 0.6 is 11.8 Å². The van der Waals surface area contributed by atoms with E-state index in [1.54, 1.807) is 47.4 Å². The number of anilines is 1. The predicted octanol–water partition coefficient (Wildman–Crippen LogP) is 2.52. The van der Waals surface area contributed by atoms with Crippen LogP contribution in [0, 0.1) is 5.82 Å². The molecule has 2 aromatic rings. The van der Waals surface area contributed by atoms with Gasteiger partial charge in [0, 0.05) is 38.1 Å². The average Bonchev–Trinajstić information content (AvgIpc) is 2.74. The Balaban J connectivity index is 1.59. The second-order valence-electron chi connectivity index (χ2n) is 6.76. The molecule has 0 N–H and O–H groups in total. The Labute approximate surface area is 175 Å². The highest BCUT2D eigenvalue weighted by atomic mass is 32.2. The number of para-hydroxylation sites is 1. The van der Waals surface area contributed by atoms with E-state index in [4.69, 9.17) is 0 Å². The number of rotatable bonds is 6. The summed E-state index contributed by atoms with van der Waals surface area (Å²) in [4.78, 5) is 17.3. The van der Waals surface area contributed by atoms with E-state index < -0.39 is 10.0 Å². The molecule has 29 heavy (non-hydrogen) atoms. The third kappa shape index (κ3) is 4.91. The van der Waals surface area contributed by atoms with Gasteiger partial charge in [0.25, 0.3) is 0 Å². The van der Waals surface area contributed by atoms with Crippen LogP contribution in [0.4, 0.5) is 10.1 Å². The molecule has 0 radical (unpaired) electrons. The maximum absolute atomic E-state index is 13.9. The van der Waals surface area contributed by atoms with Gasteiger partial charge in [-0.2, -0.15) is 4.31 Å². The average molecular weight is 438 g/mol. The van der Waals surface area contributed by atoms with Gasteiger partial charge in [-0.05, 0) is 42.7 Å². The van der Waals surface area contributed by atoms with E-state index in [-0.39, 0.29) is 23.2 Å². The van der Waals surface area contributed by atoms with E-state index >= 15 is 0 Å². The highest BCUT2D eigenvalue weighted by molar-refractivity contribution is 7.98. The number of carbonyl (C=O) groups is 1. The molecule has 0 unspecified atom stereocenters. The minimum atomic E-state index is -3.74. The first-order chi connectivity index (χ1) is 13.8. The fourth-order valence-corrected chi connectivity index (χ4v) is 4.74.